The van der Waals surface area contributed by atoms with Crippen LogP contribution in [0.3, 0.4) is 0 Å². The lowest BCUT2D eigenvalue weighted by Crippen LogP contribution is -2.49. The molecule has 5 rings (SSSR count). The van der Waals surface area contributed by atoms with E-state index >= 15 is 0 Å². The number of anilines is 2. The van der Waals surface area contributed by atoms with Crippen LogP contribution in [0.5, 0.6) is 5.75 Å². The summed E-state index contributed by atoms with van der Waals surface area (Å²) in [6, 6.07) is 21.4. The number of aromatic hydroxyl groups is 1. The zero-order valence-corrected chi connectivity index (χ0v) is 17.7. The van der Waals surface area contributed by atoms with Crippen LogP contribution in [0.2, 0.25) is 0 Å². The number of rotatable bonds is 4. The predicted molar refractivity (Wildman–Crippen MR) is 122 cm³/mol. The predicted octanol–water partition coefficient (Wildman–Crippen LogP) is 5.45. The van der Waals surface area contributed by atoms with E-state index in [0.717, 1.165) is 16.8 Å². The van der Waals surface area contributed by atoms with Crippen LogP contribution in [-0.2, 0) is 0 Å². The summed E-state index contributed by atoms with van der Waals surface area (Å²) in [5.74, 6) is 0.0420. The van der Waals surface area contributed by atoms with Crippen molar-refractivity contribution in [2.45, 2.75) is 24.4 Å². The van der Waals surface area contributed by atoms with Crippen molar-refractivity contribution in [2.24, 2.45) is 0 Å². The number of fused-ring (bicyclic) bond motifs is 2. The molecule has 0 amide bonds. The summed E-state index contributed by atoms with van der Waals surface area (Å²) in [7, 11) is 0. The monoisotopic (exact) mass is 452 g/mol. The number of hydrogen-bond acceptors (Lipinski definition) is 4. The number of phenolic OH excluding ortho intramolecular Hbond substituents is 1. The summed E-state index contributed by atoms with van der Waals surface area (Å²) >= 11 is 0. The molecule has 0 saturated carbocycles. The van der Waals surface area contributed by atoms with E-state index in [1.165, 1.54) is 6.07 Å². The molecule has 7 heteroatoms. The fraction of sp³-hybridized carbons (Fsp3) is 0.231. The molecule has 3 atom stereocenters. The molecule has 1 heterocycles. The van der Waals surface area contributed by atoms with Gasteiger partial charge in [-0.15, -0.1) is 0 Å². The number of nitrogens with zero attached hydrogens (tertiary/aromatic N) is 2. The molecule has 3 aromatic rings. The number of alkyl halides is 3. The van der Waals surface area contributed by atoms with Gasteiger partial charge < -0.3 is 20.0 Å². The minimum atomic E-state index is -4.73. The normalized spacial score (nSPS) is 20.5. The van der Waals surface area contributed by atoms with E-state index in [9.17, 15) is 23.4 Å². The van der Waals surface area contributed by atoms with Gasteiger partial charge in [-0.3, -0.25) is 0 Å². The Kier molecular flexibility index (Phi) is 5.29. The lowest BCUT2D eigenvalue weighted by molar-refractivity contribution is -0.200. The van der Waals surface area contributed by atoms with Crippen LogP contribution in [0.25, 0.3) is 6.08 Å². The second-order valence-electron chi connectivity index (χ2n) is 8.39. The van der Waals surface area contributed by atoms with Gasteiger partial charge in [0.15, 0.2) is 6.10 Å². The van der Waals surface area contributed by atoms with Gasteiger partial charge in [0.1, 0.15) is 5.75 Å². The lowest BCUT2D eigenvalue weighted by atomic mass is 9.96. The van der Waals surface area contributed by atoms with Crippen LogP contribution in [0.1, 0.15) is 28.8 Å². The Morgan fingerprint density at radius 1 is 0.939 bits per heavy atom. The van der Waals surface area contributed by atoms with E-state index in [2.05, 4.69) is 23.1 Å². The Bertz CT molecular complexity index is 1190. The van der Waals surface area contributed by atoms with Gasteiger partial charge in [0.2, 0.25) is 0 Å². The zero-order valence-electron chi connectivity index (χ0n) is 17.7. The van der Waals surface area contributed by atoms with E-state index in [4.69, 9.17) is 0 Å². The van der Waals surface area contributed by atoms with E-state index in [1.807, 2.05) is 30.3 Å². The number of β-amino-alcohol motifs (C(OH)–C–C–N with tert-alkyl or cyclic N) is 1. The highest BCUT2D eigenvalue weighted by molar-refractivity contribution is 5.77. The fourth-order valence-electron chi connectivity index (χ4n) is 4.80. The summed E-state index contributed by atoms with van der Waals surface area (Å²) < 4.78 is 40.0. The van der Waals surface area contributed by atoms with Crippen LogP contribution in [-0.4, -0.2) is 35.6 Å². The molecule has 0 saturated heterocycles. The molecule has 2 N–H and O–H groups in total. The van der Waals surface area contributed by atoms with Crippen molar-refractivity contribution in [1.82, 2.24) is 0 Å². The Morgan fingerprint density at radius 3 is 2.42 bits per heavy atom. The third kappa shape index (κ3) is 3.93. The van der Waals surface area contributed by atoms with Gasteiger partial charge in [0, 0.05) is 6.54 Å². The molecule has 170 valence electrons. The minimum Gasteiger partial charge on any atom is -0.508 e. The molecule has 0 spiro atoms. The van der Waals surface area contributed by atoms with Gasteiger partial charge in [-0.1, -0.05) is 60.7 Å². The molecular formula is C26H23F3N2O2. The SMILES string of the molecule is Oc1cccc(C2CN(C3C=Cc4ccccc43)c3ccccc3N2C[C@@H](O)C(F)(F)F)c1. The molecule has 1 aliphatic carbocycles. The number of aliphatic hydroxyl groups is 1. The Labute approximate surface area is 189 Å². The Hall–Kier alpha value is -3.45. The van der Waals surface area contributed by atoms with E-state index < -0.39 is 24.9 Å². The Morgan fingerprint density at radius 2 is 1.67 bits per heavy atom. The van der Waals surface area contributed by atoms with Gasteiger partial charge in [-0.05, 0) is 41.0 Å². The van der Waals surface area contributed by atoms with Crippen molar-refractivity contribution in [3.63, 3.8) is 0 Å². The molecule has 33 heavy (non-hydrogen) atoms. The van der Waals surface area contributed by atoms with E-state index in [-0.39, 0.29) is 11.8 Å². The molecule has 0 bridgehead atoms. The number of hydrogen-bond donors (Lipinski definition) is 2. The highest BCUT2D eigenvalue weighted by atomic mass is 19.4. The smallest absolute Gasteiger partial charge is 0.416 e. The number of phenols is 1. The summed E-state index contributed by atoms with van der Waals surface area (Å²) in [6.07, 6.45) is -3.07. The van der Waals surface area contributed by atoms with E-state index in [0.29, 0.717) is 17.8 Å². The number of benzene rings is 3. The van der Waals surface area contributed by atoms with Crippen molar-refractivity contribution >= 4 is 17.5 Å². The first kappa shape index (κ1) is 21.4. The maximum atomic E-state index is 13.3. The molecule has 0 aromatic heterocycles. The highest BCUT2D eigenvalue weighted by Gasteiger charge is 2.43. The maximum Gasteiger partial charge on any atom is 0.416 e. The molecule has 0 fully saturated rings. The molecule has 2 aliphatic rings. The third-order valence-electron chi connectivity index (χ3n) is 6.36. The van der Waals surface area contributed by atoms with Crippen LogP contribution >= 0.6 is 0 Å². The maximum absolute atomic E-state index is 13.3. The summed E-state index contributed by atoms with van der Waals surface area (Å²) in [5.41, 5.74) is 4.33. The van der Waals surface area contributed by atoms with Crippen molar-refractivity contribution in [3.05, 3.63) is 95.6 Å². The van der Waals surface area contributed by atoms with Crippen molar-refractivity contribution in [2.75, 3.05) is 22.9 Å². The summed E-state index contributed by atoms with van der Waals surface area (Å²) in [5, 5.41) is 20.0. The number of halogens is 3. The van der Waals surface area contributed by atoms with Crippen molar-refractivity contribution < 1.29 is 23.4 Å². The average Bonchev–Trinajstić information content (AvgIpc) is 3.22. The fourth-order valence-corrected chi connectivity index (χ4v) is 4.80. The average molecular weight is 452 g/mol. The van der Waals surface area contributed by atoms with Gasteiger partial charge >= 0.3 is 6.18 Å². The quantitative estimate of drug-likeness (QED) is 0.553. The first-order valence-electron chi connectivity index (χ1n) is 10.8. The van der Waals surface area contributed by atoms with Crippen LogP contribution in [0.4, 0.5) is 24.5 Å². The highest BCUT2D eigenvalue weighted by Crippen LogP contribution is 2.47. The zero-order chi connectivity index (χ0) is 23.2. The van der Waals surface area contributed by atoms with Gasteiger partial charge in [0.25, 0.3) is 0 Å². The van der Waals surface area contributed by atoms with Crippen molar-refractivity contribution in [1.29, 1.82) is 0 Å². The van der Waals surface area contributed by atoms with Gasteiger partial charge in [0.05, 0.1) is 30.0 Å². The first-order valence-corrected chi connectivity index (χ1v) is 10.8. The van der Waals surface area contributed by atoms with Crippen molar-refractivity contribution in [3.8, 4) is 5.75 Å². The van der Waals surface area contributed by atoms with Gasteiger partial charge in [-0.25, -0.2) is 0 Å². The molecule has 4 nitrogen and oxygen atoms in total. The third-order valence-corrected chi connectivity index (χ3v) is 6.36. The topological polar surface area (TPSA) is 46.9 Å². The Balaban J connectivity index is 1.62. The first-order chi connectivity index (χ1) is 15.8. The summed E-state index contributed by atoms with van der Waals surface area (Å²) in [6.45, 7) is -0.222. The molecular weight excluding hydrogens is 429 g/mol. The molecule has 1 aliphatic heterocycles. The van der Waals surface area contributed by atoms with Gasteiger partial charge in [-0.2, -0.15) is 13.2 Å². The molecule has 0 radical (unpaired) electrons. The second-order valence-corrected chi connectivity index (χ2v) is 8.39. The molecule has 3 aromatic carbocycles. The van der Waals surface area contributed by atoms with E-state index in [1.54, 1.807) is 35.2 Å². The largest absolute Gasteiger partial charge is 0.508 e. The second kappa shape index (κ2) is 8.15. The van der Waals surface area contributed by atoms with Crippen LogP contribution in [0, 0.1) is 0 Å². The van der Waals surface area contributed by atoms with Crippen LogP contribution in [0.15, 0.2) is 78.9 Å². The lowest BCUT2D eigenvalue weighted by Gasteiger charge is -2.47. The number of aliphatic hydroxyl groups excluding tert-OH is 1. The number of para-hydroxylation sites is 2. The minimum absolute atomic E-state index is 0.0420. The standard InChI is InChI=1S/C26H23F3N2O2/c27-26(28,29)25(33)16-31-23-11-4-3-10-22(23)30(15-24(31)18-7-5-8-19(32)14-18)21-13-12-17-6-1-2-9-20(17)21/h1-14,21,24-25,32-33H,15-16H2/t21?,24?,25-/m1/s1. The molecule has 2 unspecified atom stereocenters. The van der Waals surface area contributed by atoms with Crippen LogP contribution < -0.4 is 9.80 Å². The summed E-state index contributed by atoms with van der Waals surface area (Å²) in [4.78, 5) is 3.78.